The van der Waals surface area contributed by atoms with E-state index in [2.05, 4.69) is 32.4 Å². The first-order valence-electron chi connectivity index (χ1n) is 10.7. The van der Waals surface area contributed by atoms with E-state index in [1.165, 1.54) is 0 Å². The van der Waals surface area contributed by atoms with E-state index in [0.29, 0.717) is 29.5 Å². The number of fused-ring (bicyclic) bond motifs is 2. The van der Waals surface area contributed by atoms with Crippen LogP contribution in [-0.2, 0) is 0 Å². The predicted octanol–water partition coefficient (Wildman–Crippen LogP) is 3.15. The zero-order valence-corrected chi connectivity index (χ0v) is 18.6. The lowest BCUT2D eigenvalue weighted by Gasteiger charge is -2.42. The van der Waals surface area contributed by atoms with Crippen molar-refractivity contribution < 1.29 is 14.2 Å². The number of alkyl halides is 1. The van der Waals surface area contributed by atoms with Crippen LogP contribution >= 0.6 is 0 Å². The van der Waals surface area contributed by atoms with Gasteiger partial charge in [0.05, 0.1) is 25.4 Å². The van der Waals surface area contributed by atoms with Crippen LogP contribution in [-0.4, -0.2) is 63.2 Å². The highest BCUT2D eigenvalue weighted by molar-refractivity contribution is 5.74. The molecule has 33 heavy (non-hydrogen) atoms. The fourth-order valence-electron chi connectivity index (χ4n) is 4.57. The number of phenols is 1. The number of nitrogens with one attached hydrogen (secondary N) is 1. The molecule has 2 aromatic heterocycles. The molecule has 8 nitrogen and oxygen atoms in total. The lowest BCUT2D eigenvalue weighted by molar-refractivity contribution is 0.155. The van der Waals surface area contributed by atoms with E-state index in [0.717, 1.165) is 11.1 Å². The van der Waals surface area contributed by atoms with Crippen LogP contribution in [0, 0.1) is 0 Å². The van der Waals surface area contributed by atoms with Crippen LogP contribution < -0.4 is 15.0 Å². The summed E-state index contributed by atoms with van der Waals surface area (Å²) in [6.45, 7) is 2.06. The molecule has 2 bridgehead atoms. The predicted molar refractivity (Wildman–Crippen MR) is 123 cm³/mol. The molecule has 1 unspecified atom stereocenters. The summed E-state index contributed by atoms with van der Waals surface area (Å²) in [4.78, 5) is 10.3. The second-order valence-corrected chi connectivity index (χ2v) is 8.74. The zero-order chi connectivity index (χ0) is 23.2. The van der Waals surface area contributed by atoms with Gasteiger partial charge >= 0.3 is 0 Å². The second kappa shape index (κ2) is 8.08. The molecule has 1 aromatic carbocycles. The fourth-order valence-corrected chi connectivity index (χ4v) is 4.57. The molecule has 2 N–H and O–H groups in total. The Balaban J connectivity index is 1.36. The number of pyridine rings is 1. The lowest BCUT2D eigenvalue weighted by Crippen LogP contribution is -2.60. The number of hydrogen-bond acceptors (Lipinski definition) is 8. The molecule has 2 aliphatic rings. The Morgan fingerprint density at radius 2 is 2.00 bits per heavy atom. The summed E-state index contributed by atoms with van der Waals surface area (Å²) in [5, 5.41) is 22.4. The summed E-state index contributed by atoms with van der Waals surface area (Å²) in [5.74, 6) is 0.891. The molecule has 4 atom stereocenters. The van der Waals surface area contributed by atoms with Gasteiger partial charge in [0.1, 0.15) is 17.6 Å². The van der Waals surface area contributed by atoms with Crippen molar-refractivity contribution in [2.24, 2.45) is 0 Å². The zero-order valence-electron chi connectivity index (χ0n) is 18.6. The minimum atomic E-state index is -1.08. The van der Waals surface area contributed by atoms with E-state index in [9.17, 15) is 9.50 Å². The van der Waals surface area contributed by atoms with Gasteiger partial charge in [-0.25, -0.2) is 14.4 Å². The number of nitrogens with zero attached hydrogens (tertiary/aromatic N) is 5. The van der Waals surface area contributed by atoms with Crippen LogP contribution in [0.1, 0.15) is 13.3 Å². The highest BCUT2D eigenvalue weighted by Crippen LogP contribution is 2.36. The van der Waals surface area contributed by atoms with E-state index in [4.69, 9.17) is 4.74 Å². The smallest absolute Gasteiger partial charge is 0.245 e. The molecule has 1 saturated heterocycles. The molecule has 0 aliphatic carbocycles. The number of piperidine rings is 1. The van der Waals surface area contributed by atoms with Crippen molar-refractivity contribution in [2.45, 2.75) is 37.1 Å². The normalized spacial score (nSPS) is 25.8. The molecule has 0 spiro atoms. The molecule has 0 amide bonds. The molecule has 2 aliphatic heterocycles. The van der Waals surface area contributed by atoms with Crippen molar-refractivity contribution in [2.75, 3.05) is 19.1 Å². The molecule has 170 valence electrons. The van der Waals surface area contributed by atoms with Crippen LogP contribution in [0.3, 0.4) is 0 Å². The van der Waals surface area contributed by atoms with Crippen molar-refractivity contribution in [3.63, 3.8) is 0 Å². The Morgan fingerprint density at radius 1 is 1.18 bits per heavy atom. The van der Waals surface area contributed by atoms with Crippen LogP contribution in [0.4, 0.5) is 10.3 Å². The first-order valence-corrected chi connectivity index (χ1v) is 10.7. The van der Waals surface area contributed by atoms with Crippen LogP contribution in [0.25, 0.3) is 22.4 Å². The van der Waals surface area contributed by atoms with Crippen molar-refractivity contribution in [3.05, 3.63) is 54.9 Å². The number of anilines is 1. The average molecular weight is 449 g/mol. The van der Waals surface area contributed by atoms with Crippen molar-refractivity contribution in [1.82, 2.24) is 25.5 Å². The van der Waals surface area contributed by atoms with Crippen molar-refractivity contribution in [3.8, 4) is 34.0 Å². The Labute approximate surface area is 191 Å². The lowest BCUT2D eigenvalue weighted by atomic mass is 9.87. The molecule has 4 heterocycles. The van der Waals surface area contributed by atoms with Crippen LogP contribution in [0.2, 0.25) is 0 Å². The van der Waals surface area contributed by atoms with E-state index >= 15 is 0 Å². The van der Waals surface area contributed by atoms with Gasteiger partial charge < -0.3 is 14.7 Å². The summed E-state index contributed by atoms with van der Waals surface area (Å²) >= 11 is 0. The first kappa shape index (κ1) is 21.3. The standard InChI is InChI=1S/C24H25FN6O2/c1-24-8-6-17(28-24)22(25)19(12-24)31(2)23-27-13-18(29-30-23)16-5-4-14(10-20(16)32)15-7-9-26-21(11-15)33-3/h4-11,13,17,19,22,28,32H,12H2,1-3H3/t17?,19-,22+,24-/m1/s1. The Hall–Kier alpha value is -3.59. The number of phenolic OH excluding ortho intramolecular Hbond substituents is 1. The van der Waals surface area contributed by atoms with E-state index < -0.39 is 6.17 Å². The van der Waals surface area contributed by atoms with Gasteiger partial charge in [0, 0.05) is 30.4 Å². The van der Waals surface area contributed by atoms with Gasteiger partial charge in [-0.05, 0) is 42.7 Å². The molecule has 0 saturated carbocycles. The third-order valence-corrected chi connectivity index (χ3v) is 6.43. The molecule has 9 heteroatoms. The molecular weight excluding hydrogens is 423 g/mol. The number of aromatic hydroxyl groups is 1. The minimum Gasteiger partial charge on any atom is -0.507 e. The quantitative estimate of drug-likeness (QED) is 0.575. The van der Waals surface area contributed by atoms with Gasteiger partial charge in [-0.2, -0.15) is 0 Å². The fraction of sp³-hybridized carbons (Fsp3) is 0.333. The minimum absolute atomic E-state index is 0.0539. The van der Waals surface area contributed by atoms with Crippen molar-refractivity contribution in [1.29, 1.82) is 0 Å². The number of rotatable bonds is 5. The topological polar surface area (TPSA) is 96.3 Å². The summed E-state index contributed by atoms with van der Waals surface area (Å²) < 4.78 is 20.2. The maximum absolute atomic E-state index is 15.0. The summed E-state index contributed by atoms with van der Waals surface area (Å²) in [6, 6.07) is 8.25. The summed E-state index contributed by atoms with van der Waals surface area (Å²) in [6.07, 6.45) is 6.66. The number of benzene rings is 1. The number of hydrogen-bond donors (Lipinski definition) is 2. The maximum Gasteiger partial charge on any atom is 0.245 e. The van der Waals surface area contributed by atoms with Gasteiger partial charge in [-0.3, -0.25) is 5.32 Å². The summed E-state index contributed by atoms with van der Waals surface area (Å²) in [5.41, 5.74) is 2.38. The third-order valence-electron chi connectivity index (χ3n) is 6.43. The second-order valence-electron chi connectivity index (χ2n) is 8.74. The number of aromatic nitrogens is 4. The highest BCUT2D eigenvalue weighted by Gasteiger charge is 2.47. The first-order chi connectivity index (χ1) is 15.9. The van der Waals surface area contributed by atoms with Gasteiger partial charge in [0.15, 0.2) is 0 Å². The van der Waals surface area contributed by atoms with Gasteiger partial charge in [-0.15, -0.1) is 10.2 Å². The Bertz CT molecular complexity index is 1200. The van der Waals surface area contributed by atoms with Gasteiger partial charge in [0.2, 0.25) is 11.8 Å². The molecule has 3 aromatic rings. The SMILES string of the molecule is COc1cc(-c2ccc(-c3cnc(N(C)[C@@H]4C[C@@]5(C)C=CC(N5)[C@@H]4F)nn3)c(O)c2)ccn1. The monoisotopic (exact) mass is 448 g/mol. The van der Waals surface area contributed by atoms with Crippen LogP contribution in [0.15, 0.2) is 54.9 Å². The molecular formula is C24H25FN6O2. The van der Waals surface area contributed by atoms with E-state index in [1.54, 1.807) is 49.7 Å². The van der Waals surface area contributed by atoms with E-state index in [1.807, 2.05) is 24.3 Å². The largest absolute Gasteiger partial charge is 0.507 e. The molecule has 1 fully saturated rings. The molecule has 0 radical (unpaired) electrons. The van der Waals surface area contributed by atoms with Gasteiger partial charge in [0.25, 0.3) is 0 Å². The van der Waals surface area contributed by atoms with E-state index in [-0.39, 0.29) is 23.4 Å². The number of ether oxygens (including phenoxy) is 1. The highest BCUT2D eigenvalue weighted by atomic mass is 19.1. The molecule has 5 rings (SSSR count). The number of halogens is 1. The number of methoxy groups -OCH3 is 1. The Morgan fingerprint density at radius 3 is 2.73 bits per heavy atom. The average Bonchev–Trinajstić information content (AvgIpc) is 3.18. The maximum atomic E-state index is 15.0. The van der Waals surface area contributed by atoms with Crippen LogP contribution in [0.5, 0.6) is 11.6 Å². The summed E-state index contributed by atoms with van der Waals surface area (Å²) in [7, 11) is 3.34. The Kier molecular flexibility index (Phi) is 5.20. The van der Waals surface area contributed by atoms with Gasteiger partial charge in [-0.1, -0.05) is 18.2 Å². The third kappa shape index (κ3) is 3.89. The van der Waals surface area contributed by atoms with Crippen molar-refractivity contribution >= 4 is 5.95 Å².